The van der Waals surface area contributed by atoms with Crippen LogP contribution in [-0.4, -0.2) is 37.5 Å². The summed E-state index contributed by atoms with van der Waals surface area (Å²) < 4.78 is 7.05. The van der Waals surface area contributed by atoms with Gasteiger partial charge in [0, 0.05) is 16.1 Å². The van der Waals surface area contributed by atoms with Crippen molar-refractivity contribution in [3.8, 4) is 5.75 Å². The molecule has 0 saturated heterocycles. The van der Waals surface area contributed by atoms with Crippen molar-refractivity contribution < 1.29 is 9.53 Å². The van der Waals surface area contributed by atoms with Gasteiger partial charge in [-0.15, -0.1) is 0 Å². The lowest BCUT2D eigenvalue weighted by molar-refractivity contribution is -0.120. The number of amides is 1. The number of anilines is 1. The van der Waals surface area contributed by atoms with Crippen LogP contribution in [0.25, 0.3) is 22.1 Å². The molecule has 0 aliphatic heterocycles. The summed E-state index contributed by atoms with van der Waals surface area (Å²) in [6.07, 6.45) is 3.40. The van der Waals surface area contributed by atoms with Crippen LogP contribution in [0.15, 0.2) is 55.1 Å². The van der Waals surface area contributed by atoms with E-state index in [0.717, 1.165) is 33.5 Å². The quantitative estimate of drug-likeness (QED) is 0.331. The molecule has 0 spiro atoms. The maximum absolute atomic E-state index is 12.4. The molecular weight excluding hydrogens is 454 g/mol. The van der Waals surface area contributed by atoms with Gasteiger partial charge < -0.3 is 25.3 Å². The third-order valence-corrected chi connectivity index (χ3v) is 5.82. The van der Waals surface area contributed by atoms with E-state index >= 15 is 0 Å². The van der Waals surface area contributed by atoms with E-state index in [2.05, 4.69) is 25.3 Å². The Morgan fingerprint density at radius 1 is 1.18 bits per heavy atom. The molecule has 9 nitrogen and oxygen atoms in total. The zero-order chi connectivity index (χ0) is 23.7. The van der Waals surface area contributed by atoms with Crippen molar-refractivity contribution in [2.24, 2.45) is 0 Å². The number of nitrogens with one attached hydrogen (secondary N) is 2. The molecule has 1 amide bonds. The molecule has 5 aromatic rings. The lowest BCUT2D eigenvalue weighted by Gasteiger charge is -2.07. The maximum Gasteiger partial charge on any atom is 0.224 e. The zero-order valence-electron chi connectivity index (χ0n) is 18.4. The van der Waals surface area contributed by atoms with Gasteiger partial charge in [-0.1, -0.05) is 23.7 Å². The Morgan fingerprint density at radius 2 is 2.00 bits per heavy atom. The maximum atomic E-state index is 12.4. The lowest BCUT2D eigenvalue weighted by Crippen LogP contribution is -2.24. The predicted octanol–water partition coefficient (Wildman–Crippen LogP) is 3.46. The molecule has 0 atom stereocenters. The Hall–Kier alpha value is -4.11. The van der Waals surface area contributed by atoms with Crippen LogP contribution in [0, 0.1) is 0 Å². The molecule has 0 saturated carbocycles. The number of ether oxygens (including phenoxy) is 1. The van der Waals surface area contributed by atoms with Crippen molar-refractivity contribution in [1.82, 2.24) is 29.8 Å². The Bertz CT molecular complexity index is 1490. The van der Waals surface area contributed by atoms with E-state index in [4.69, 9.17) is 22.1 Å². The van der Waals surface area contributed by atoms with E-state index in [1.54, 1.807) is 13.4 Å². The molecule has 4 N–H and O–H groups in total. The highest BCUT2D eigenvalue weighted by molar-refractivity contribution is 6.31. The van der Waals surface area contributed by atoms with Gasteiger partial charge in [-0.3, -0.25) is 4.79 Å². The molecule has 0 bridgehead atoms. The molecule has 172 valence electrons. The fourth-order valence-electron chi connectivity index (χ4n) is 3.94. The van der Waals surface area contributed by atoms with E-state index in [9.17, 15) is 4.79 Å². The minimum atomic E-state index is -0.0655. The summed E-state index contributed by atoms with van der Waals surface area (Å²) in [5.41, 5.74) is 10.8. The first-order valence-electron chi connectivity index (χ1n) is 10.6. The average molecular weight is 476 g/mol. The number of benzene rings is 2. The standard InChI is InChI=1S/C24H22ClN7O2/c1-34-19-4-2-14(3-5-19)6-20(33)27-10-18-9-15-7-17(25)8-16(21(15)31-18)11-32-13-30-22-23(26)28-12-29-24(22)32/h2-5,7-9,12-13,31H,6,10-11H2,1H3,(H,27,33)(H2,26,28,29). The predicted molar refractivity (Wildman–Crippen MR) is 131 cm³/mol. The Kier molecular flexibility index (Phi) is 5.77. The number of halogens is 1. The number of aromatic amines is 1. The second-order valence-electron chi connectivity index (χ2n) is 7.93. The lowest BCUT2D eigenvalue weighted by atomic mass is 10.1. The van der Waals surface area contributed by atoms with Crippen LogP contribution in [0.1, 0.15) is 16.8 Å². The fourth-order valence-corrected chi connectivity index (χ4v) is 4.19. The molecule has 0 radical (unpaired) electrons. The summed E-state index contributed by atoms with van der Waals surface area (Å²) in [6, 6.07) is 13.2. The minimum Gasteiger partial charge on any atom is -0.497 e. The summed E-state index contributed by atoms with van der Waals surface area (Å²) in [7, 11) is 1.61. The molecule has 0 aliphatic carbocycles. The van der Waals surface area contributed by atoms with Gasteiger partial charge in [-0.25, -0.2) is 15.0 Å². The highest BCUT2D eigenvalue weighted by Gasteiger charge is 2.13. The molecule has 2 aromatic carbocycles. The third-order valence-electron chi connectivity index (χ3n) is 5.60. The van der Waals surface area contributed by atoms with E-state index in [1.807, 2.05) is 47.0 Å². The van der Waals surface area contributed by atoms with Gasteiger partial charge in [-0.05, 0) is 41.5 Å². The van der Waals surface area contributed by atoms with Crippen LogP contribution in [0.3, 0.4) is 0 Å². The van der Waals surface area contributed by atoms with Gasteiger partial charge in [0.1, 0.15) is 17.6 Å². The number of hydrogen-bond acceptors (Lipinski definition) is 6. The number of nitrogen functional groups attached to an aromatic ring is 1. The normalized spacial score (nSPS) is 11.2. The molecule has 0 aliphatic rings. The Morgan fingerprint density at radius 3 is 2.79 bits per heavy atom. The topological polar surface area (TPSA) is 124 Å². The Labute approximate surface area is 199 Å². The van der Waals surface area contributed by atoms with E-state index in [-0.39, 0.29) is 5.91 Å². The first-order chi connectivity index (χ1) is 16.5. The van der Waals surface area contributed by atoms with E-state index in [1.165, 1.54) is 6.33 Å². The molecule has 10 heteroatoms. The van der Waals surface area contributed by atoms with Crippen molar-refractivity contribution in [1.29, 1.82) is 0 Å². The monoisotopic (exact) mass is 475 g/mol. The van der Waals surface area contributed by atoms with Crippen LogP contribution < -0.4 is 15.8 Å². The summed E-state index contributed by atoms with van der Waals surface area (Å²) >= 11 is 6.39. The SMILES string of the molecule is COc1ccc(CC(=O)NCc2cc3cc(Cl)cc(Cn4cnc5c(N)ncnc54)c3[nH]2)cc1. The van der Waals surface area contributed by atoms with Crippen LogP contribution in [0.5, 0.6) is 5.75 Å². The highest BCUT2D eigenvalue weighted by atomic mass is 35.5. The second-order valence-corrected chi connectivity index (χ2v) is 8.37. The van der Waals surface area contributed by atoms with Gasteiger partial charge >= 0.3 is 0 Å². The van der Waals surface area contributed by atoms with Crippen molar-refractivity contribution in [3.63, 3.8) is 0 Å². The van der Waals surface area contributed by atoms with Gasteiger partial charge in [0.25, 0.3) is 0 Å². The number of fused-ring (bicyclic) bond motifs is 2. The number of nitrogens with zero attached hydrogens (tertiary/aromatic N) is 4. The van der Waals surface area contributed by atoms with Crippen LogP contribution in [0.4, 0.5) is 5.82 Å². The van der Waals surface area contributed by atoms with Crippen LogP contribution in [0.2, 0.25) is 5.02 Å². The van der Waals surface area contributed by atoms with Crippen molar-refractivity contribution in [2.75, 3.05) is 12.8 Å². The van der Waals surface area contributed by atoms with Crippen LogP contribution in [-0.2, 0) is 24.3 Å². The number of carbonyl (C=O) groups is 1. The summed E-state index contributed by atoms with van der Waals surface area (Å²) in [6.45, 7) is 0.867. The van der Waals surface area contributed by atoms with Crippen molar-refractivity contribution in [2.45, 2.75) is 19.5 Å². The van der Waals surface area contributed by atoms with Gasteiger partial charge in [-0.2, -0.15) is 0 Å². The van der Waals surface area contributed by atoms with Crippen molar-refractivity contribution in [3.05, 3.63) is 77.0 Å². The molecule has 0 unspecified atom stereocenters. The third kappa shape index (κ3) is 4.38. The van der Waals surface area contributed by atoms with Crippen LogP contribution >= 0.6 is 11.6 Å². The van der Waals surface area contributed by atoms with Gasteiger partial charge in [0.2, 0.25) is 5.91 Å². The summed E-state index contributed by atoms with van der Waals surface area (Å²) in [5.74, 6) is 1.04. The molecular formula is C24H22ClN7O2. The Balaban J connectivity index is 1.33. The number of rotatable bonds is 7. The zero-order valence-corrected chi connectivity index (χ0v) is 19.1. The average Bonchev–Trinajstić information content (AvgIpc) is 3.43. The number of imidazole rings is 1. The minimum absolute atomic E-state index is 0.0655. The molecule has 3 aromatic heterocycles. The van der Waals surface area contributed by atoms with E-state index < -0.39 is 0 Å². The number of aromatic nitrogens is 5. The first-order valence-corrected chi connectivity index (χ1v) is 11.0. The molecule has 3 heterocycles. The number of methoxy groups -OCH3 is 1. The molecule has 34 heavy (non-hydrogen) atoms. The number of H-pyrrole nitrogens is 1. The van der Waals surface area contributed by atoms with Gasteiger partial charge in [0.15, 0.2) is 11.5 Å². The number of carbonyl (C=O) groups excluding carboxylic acids is 1. The summed E-state index contributed by atoms with van der Waals surface area (Å²) in [4.78, 5) is 28.5. The molecule has 0 fully saturated rings. The second kappa shape index (κ2) is 9.03. The fraction of sp³-hybridized carbons (Fsp3) is 0.167. The highest BCUT2D eigenvalue weighted by Crippen LogP contribution is 2.26. The smallest absolute Gasteiger partial charge is 0.224 e. The number of hydrogen-bond donors (Lipinski definition) is 3. The largest absolute Gasteiger partial charge is 0.497 e. The summed E-state index contributed by atoms with van der Waals surface area (Å²) in [5, 5.41) is 4.55. The van der Waals surface area contributed by atoms with Gasteiger partial charge in [0.05, 0.1) is 38.5 Å². The number of nitrogens with two attached hydrogens (primary N) is 1. The first kappa shape index (κ1) is 21.7. The van der Waals surface area contributed by atoms with Crippen molar-refractivity contribution >= 4 is 45.4 Å². The van der Waals surface area contributed by atoms with E-state index in [0.29, 0.717) is 41.5 Å². The molecule has 5 rings (SSSR count).